The van der Waals surface area contributed by atoms with Crippen LogP contribution in [0, 0.1) is 13.8 Å². The van der Waals surface area contributed by atoms with Crippen LogP contribution in [0.5, 0.6) is 0 Å². The highest BCUT2D eigenvalue weighted by Crippen LogP contribution is 2.35. The van der Waals surface area contributed by atoms with Gasteiger partial charge < -0.3 is 0 Å². The van der Waals surface area contributed by atoms with Crippen LogP contribution in [-0.4, -0.2) is 9.55 Å². The molecule has 2 heterocycles. The van der Waals surface area contributed by atoms with Crippen LogP contribution in [0.4, 0.5) is 0 Å². The summed E-state index contributed by atoms with van der Waals surface area (Å²) in [6.45, 7) is 4.50. The summed E-state index contributed by atoms with van der Waals surface area (Å²) in [6.07, 6.45) is 1.61. The van der Waals surface area contributed by atoms with Gasteiger partial charge in [-0.25, -0.2) is 4.98 Å². The third kappa shape index (κ3) is 2.96. The molecule has 2 aromatic heterocycles. The lowest BCUT2D eigenvalue weighted by Gasteiger charge is -2.08. The van der Waals surface area contributed by atoms with Crippen LogP contribution in [0.1, 0.15) is 16.0 Å². The summed E-state index contributed by atoms with van der Waals surface area (Å²) in [4.78, 5) is 19.6. The number of benzene rings is 2. The van der Waals surface area contributed by atoms with Crippen molar-refractivity contribution >= 4 is 33.2 Å². The molecule has 26 heavy (non-hydrogen) atoms. The van der Waals surface area contributed by atoms with Crippen LogP contribution in [-0.2, 0) is 6.54 Å². The predicted molar refractivity (Wildman–Crippen MR) is 109 cm³/mol. The Morgan fingerprint density at radius 3 is 2.54 bits per heavy atom. The highest BCUT2D eigenvalue weighted by molar-refractivity contribution is 7.19. The largest absolute Gasteiger partial charge is 0.294 e. The van der Waals surface area contributed by atoms with Gasteiger partial charge in [0.25, 0.3) is 5.56 Å². The maximum atomic E-state index is 13.2. The molecule has 0 aliphatic carbocycles. The first-order valence-electron chi connectivity index (χ1n) is 8.33. The first-order valence-corrected chi connectivity index (χ1v) is 9.53. The van der Waals surface area contributed by atoms with Gasteiger partial charge in [-0.3, -0.25) is 9.36 Å². The lowest BCUT2D eigenvalue weighted by Crippen LogP contribution is -2.21. The Bertz CT molecular complexity index is 1160. The van der Waals surface area contributed by atoms with E-state index < -0.39 is 0 Å². The van der Waals surface area contributed by atoms with Crippen LogP contribution in [0.2, 0.25) is 5.02 Å². The van der Waals surface area contributed by atoms with Crippen LogP contribution >= 0.6 is 22.9 Å². The summed E-state index contributed by atoms with van der Waals surface area (Å²) in [7, 11) is 0. The molecule has 0 amide bonds. The van der Waals surface area contributed by atoms with Gasteiger partial charge in [-0.1, -0.05) is 59.6 Å². The fourth-order valence-corrected chi connectivity index (χ4v) is 4.33. The van der Waals surface area contributed by atoms with Gasteiger partial charge in [0.15, 0.2) is 0 Å². The lowest BCUT2D eigenvalue weighted by atomic mass is 10.0. The molecule has 0 saturated heterocycles. The van der Waals surface area contributed by atoms with Crippen molar-refractivity contribution in [3.8, 4) is 11.1 Å². The molecule has 0 aliphatic rings. The van der Waals surface area contributed by atoms with Gasteiger partial charge in [0.05, 0.1) is 18.3 Å². The molecule has 130 valence electrons. The number of nitrogens with zero attached hydrogens (tertiary/aromatic N) is 2. The van der Waals surface area contributed by atoms with Crippen molar-refractivity contribution in [2.75, 3.05) is 0 Å². The first kappa shape index (κ1) is 17.0. The van der Waals surface area contributed by atoms with Gasteiger partial charge in [-0.05, 0) is 31.0 Å². The number of hydrogen-bond donors (Lipinski definition) is 0. The van der Waals surface area contributed by atoms with E-state index in [0.717, 1.165) is 26.4 Å². The Labute approximate surface area is 160 Å². The highest BCUT2D eigenvalue weighted by atomic mass is 35.5. The fraction of sp³-hybridized carbons (Fsp3) is 0.143. The molecule has 0 N–H and O–H groups in total. The second-order valence-electron chi connectivity index (χ2n) is 6.35. The molecule has 3 nitrogen and oxygen atoms in total. The van der Waals surface area contributed by atoms with Crippen molar-refractivity contribution in [3.63, 3.8) is 0 Å². The van der Waals surface area contributed by atoms with Gasteiger partial charge in [0, 0.05) is 15.5 Å². The van der Waals surface area contributed by atoms with Crippen molar-refractivity contribution in [2.45, 2.75) is 20.4 Å². The smallest absolute Gasteiger partial charge is 0.263 e. The standard InChI is InChI=1S/C21H17ClN2OS/c1-13-7-9-15(10-8-13)18-14(2)26-20-19(18)21(25)24(12-23-20)11-16-5-3-4-6-17(16)22/h3-10,12H,11H2,1-2H3. The second kappa shape index (κ2) is 6.71. The van der Waals surface area contributed by atoms with Crippen LogP contribution in [0.3, 0.4) is 0 Å². The summed E-state index contributed by atoms with van der Waals surface area (Å²) in [5.74, 6) is 0. The SMILES string of the molecule is Cc1ccc(-c2c(C)sc3ncn(Cc4ccccc4Cl)c(=O)c23)cc1. The average Bonchev–Trinajstić information content (AvgIpc) is 2.97. The zero-order valence-electron chi connectivity index (χ0n) is 14.5. The van der Waals surface area contributed by atoms with Crippen molar-refractivity contribution < 1.29 is 0 Å². The lowest BCUT2D eigenvalue weighted by molar-refractivity contribution is 0.749. The monoisotopic (exact) mass is 380 g/mol. The highest BCUT2D eigenvalue weighted by Gasteiger charge is 2.17. The topological polar surface area (TPSA) is 34.9 Å². The molecule has 5 heteroatoms. The Hall–Kier alpha value is -2.43. The Morgan fingerprint density at radius 2 is 1.81 bits per heavy atom. The molecular formula is C21H17ClN2OS. The molecule has 4 rings (SSSR count). The summed E-state index contributed by atoms with van der Waals surface area (Å²) in [5, 5.41) is 1.34. The summed E-state index contributed by atoms with van der Waals surface area (Å²) < 4.78 is 1.63. The molecule has 0 spiro atoms. The number of fused-ring (bicyclic) bond motifs is 1. The normalized spacial score (nSPS) is 11.2. The zero-order chi connectivity index (χ0) is 18.3. The third-order valence-corrected chi connectivity index (χ3v) is 5.88. The van der Waals surface area contributed by atoms with E-state index in [2.05, 4.69) is 36.2 Å². The third-order valence-electron chi connectivity index (χ3n) is 4.49. The number of aromatic nitrogens is 2. The summed E-state index contributed by atoms with van der Waals surface area (Å²) >= 11 is 7.82. The Morgan fingerprint density at radius 1 is 1.08 bits per heavy atom. The van der Waals surface area contributed by atoms with Gasteiger partial charge >= 0.3 is 0 Å². The van der Waals surface area contributed by atoms with Gasteiger partial charge in [0.2, 0.25) is 0 Å². The summed E-state index contributed by atoms with van der Waals surface area (Å²) in [6, 6.07) is 15.8. The Kier molecular flexibility index (Phi) is 4.39. The number of rotatable bonds is 3. The Balaban J connectivity index is 1.89. The minimum absolute atomic E-state index is 0.0326. The molecule has 0 fully saturated rings. The van der Waals surface area contributed by atoms with E-state index in [1.807, 2.05) is 31.2 Å². The van der Waals surface area contributed by atoms with Crippen LogP contribution in [0.25, 0.3) is 21.3 Å². The molecule has 0 bridgehead atoms. The van der Waals surface area contributed by atoms with E-state index in [-0.39, 0.29) is 5.56 Å². The number of halogens is 1. The van der Waals surface area contributed by atoms with E-state index in [1.54, 1.807) is 22.2 Å². The van der Waals surface area contributed by atoms with E-state index >= 15 is 0 Å². The van der Waals surface area contributed by atoms with Gasteiger partial charge in [-0.15, -0.1) is 11.3 Å². The number of hydrogen-bond acceptors (Lipinski definition) is 3. The molecule has 4 aromatic rings. The number of thiophene rings is 1. The van der Waals surface area contributed by atoms with Crippen molar-refractivity contribution in [2.24, 2.45) is 0 Å². The molecule has 2 aromatic carbocycles. The minimum Gasteiger partial charge on any atom is -0.294 e. The van der Waals surface area contributed by atoms with Crippen molar-refractivity contribution in [3.05, 3.63) is 86.2 Å². The minimum atomic E-state index is -0.0326. The van der Waals surface area contributed by atoms with Crippen molar-refractivity contribution in [1.29, 1.82) is 0 Å². The molecule has 0 saturated carbocycles. The van der Waals surface area contributed by atoms with E-state index in [9.17, 15) is 4.79 Å². The quantitative estimate of drug-likeness (QED) is 0.474. The van der Waals surface area contributed by atoms with Gasteiger partial charge in [-0.2, -0.15) is 0 Å². The van der Waals surface area contributed by atoms with E-state index in [1.165, 1.54) is 5.56 Å². The predicted octanol–water partition coefficient (Wildman–Crippen LogP) is 5.44. The fourth-order valence-electron chi connectivity index (χ4n) is 3.13. The number of aryl methyl sites for hydroxylation is 2. The zero-order valence-corrected chi connectivity index (χ0v) is 16.1. The van der Waals surface area contributed by atoms with Gasteiger partial charge in [0.1, 0.15) is 4.83 Å². The maximum absolute atomic E-state index is 13.2. The second-order valence-corrected chi connectivity index (χ2v) is 7.96. The van der Waals surface area contributed by atoms with E-state index in [0.29, 0.717) is 17.0 Å². The molecule has 0 atom stereocenters. The van der Waals surface area contributed by atoms with Crippen LogP contribution < -0.4 is 5.56 Å². The molecule has 0 unspecified atom stereocenters. The molecule has 0 aliphatic heterocycles. The van der Waals surface area contributed by atoms with E-state index in [4.69, 9.17) is 11.6 Å². The van der Waals surface area contributed by atoms with Crippen LogP contribution in [0.15, 0.2) is 59.7 Å². The summed E-state index contributed by atoms with van der Waals surface area (Å²) in [5.41, 5.74) is 4.10. The maximum Gasteiger partial charge on any atom is 0.263 e. The van der Waals surface area contributed by atoms with Crippen molar-refractivity contribution in [1.82, 2.24) is 9.55 Å². The molecular weight excluding hydrogens is 364 g/mol. The average molecular weight is 381 g/mol. The molecule has 0 radical (unpaired) electrons. The first-order chi connectivity index (χ1) is 12.5.